The van der Waals surface area contributed by atoms with Gasteiger partial charge in [0.2, 0.25) is 0 Å². The van der Waals surface area contributed by atoms with Gasteiger partial charge in [-0.05, 0) is 41.1 Å². The molecule has 4 heteroatoms. The third-order valence-electron chi connectivity index (χ3n) is 2.97. The first-order chi connectivity index (χ1) is 7.58. The molecule has 0 spiro atoms. The predicted octanol–water partition coefficient (Wildman–Crippen LogP) is 4.36. The van der Waals surface area contributed by atoms with Gasteiger partial charge >= 0.3 is 0 Å². The normalized spacial score (nSPS) is 16.6. The molecule has 1 fully saturated rings. The third kappa shape index (κ3) is 2.57. The Balaban J connectivity index is 2.30. The fourth-order valence-corrected chi connectivity index (χ4v) is 2.39. The van der Waals surface area contributed by atoms with E-state index in [1.807, 2.05) is 0 Å². The number of rotatable bonds is 3. The van der Waals surface area contributed by atoms with Crippen LogP contribution in [0.2, 0.25) is 5.15 Å². The highest BCUT2D eigenvalue weighted by Gasteiger charge is 2.24. The average Bonchev–Trinajstić information content (AvgIpc) is 2.09. The molecule has 16 heavy (non-hydrogen) atoms. The summed E-state index contributed by atoms with van der Waals surface area (Å²) < 4.78 is 0.867. The zero-order valence-corrected chi connectivity index (χ0v) is 12.0. The van der Waals surface area contributed by atoms with E-state index >= 15 is 0 Å². The maximum atomic E-state index is 6.13. The van der Waals surface area contributed by atoms with Crippen LogP contribution in [0.1, 0.15) is 50.5 Å². The van der Waals surface area contributed by atoms with E-state index in [0.717, 1.165) is 22.4 Å². The molecule has 0 bridgehead atoms. The van der Waals surface area contributed by atoms with Crippen molar-refractivity contribution >= 4 is 27.5 Å². The Labute approximate surface area is 110 Å². The molecule has 1 aliphatic carbocycles. The Morgan fingerprint density at radius 2 is 2.06 bits per heavy atom. The summed E-state index contributed by atoms with van der Waals surface area (Å²) >= 11 is 9.60. The lowest BCUT2D eigenvalue weighted by Crippen LogP contribution is -2.15. The van der Waals surface area contributed by atoms with E-state index in [9.17, 15) is 0 Å². The van der Waals surface area contributed by atoms with Gasteiger partial charge in [0.1, 0.15) is 11.0 Å². The van der Waals surface area contributed by atoms with E-state index < -0.39 is 0 Å². The Bertz CT molecular complexity index is 389. The zero-order valence-electron chi connectivity index (χ0n) is 9.63. The molecule has 2 nitrogen and oxygen atoms in total. The first-order valence-electron chi connectivity index (χ1n) is 5.79. The molecule has 0 aliphatic heterocycles. The maximum Gasteiger partial charge on any atom is 0.147 e. The van der Waals surface area contributed by atoms with Crippen molar-refractivity contribution in [3.63, 3.8) is 0 Å². The molecule has 1 aliphatic rings. The first kappa shape index (κ1) is 12.3. The van der Waals surface area contributed by atoms with Crippen LogP contribution in [-0.4, -0.2) is 9.97 Å². The van der Waals surface area contributed by atoms with Crippen molar-refractivity contribution in [2.45, 2.75) is 45.4 Å². The van der Waals surface area contributed by atoms with Crippen LogP contribution in [0.25, 0.3) is 0 Å². The first-order valence-corrected chi connectivity index (χ1v) is 6.97. The summed E-state index contributed by atoms with van der Waals surface area (Å²) in [6, 6.07) is 0. The predicted molar refractivity (Wildman–Crippen MR) is 69.9 cm³/mol. The van der Waals surface area contributed by atoms with Crippen molar-refractivity contribution in [3.8, 4) is 0 Å². The minimum atomic E-state index is 0.538. The smallest absolute Gasteiger partial charge is 0.147 e. The van der Waals surface area contributed by atoms with Crippen LogP contribution in [-0.2, 0) is 6.42 Å². The van der Waals surface area contributed by atoms with E-state index in [2.05, 4.69) is 39.7 Å². The van der Waals surface area contributed by atoms with Gasteiger partial charge in [0.05, 0.1) is 10.2 Å². The molecule has 1 aromatic rings. The van der Waals surface area contributed by atoms with Gasteiger partial charge in [-0.15, -0.1) is 0 Å². The topological polar surface area (TPSA) is 25.8 Å². The van der Waals surface area contributed by atoms with E-state index in [1.54, 1.807) is 0 Å². The highest BCUT2D eigenvalue weighted by molar-refractivity contribution is 9.10. The Morgan fingerprint density at radius 1 is 1.38 bits per heavy atom. The van der Waals surface area contributed by atoms with E-state index in [0.29, 0.717) is 17.0 Å². The Morgan fingerprint density at radius 3 is 2.56 bits per heavy atom. The van der Waals surface area contributed by atoms with Crippen LogP contribution in [0.4, 0.5) is 0 Å². The highest BCUT2D eigenvalue weighted by atomic mass is 79.9. The molecule has 0 unspecified atom stereocenters. The van der Waals surface area contributed by atoms with Gasteiger partial charge in [-0.25, -0.2) is 9.97 Å². The lowest BCUT2D eigenvalue weighted by molar-refractivity contribution is 0.399. The zero-order chi connectivity index (χ0) is 11.7. The van der Waals surface area contributed by atoms with Crippen LogP contribution in [0.3, 0.4) is 0 Å². The summed E-state index contributed by atoms with van der Waals surface area (Å²) in [6.07, 6.45) is 4.65. The van der Waals surface area contributed by atoms with Gasteiger partial charge < -0.3 is 0 Å². The molecule has 0 aromatic carbocycles. The Hall–Kier alpha value is -0.150. The largest absolute Gasteiger partial charge is 0.236 e. The quantitative estimate of drug-likeness (QED) is 0.775. The van der Waals surface area contributed by atoms with Gasteiger partial charge in [-0.1, -0.05) is 31.9 Å². The SMILES string of the molecule is CC(C)Cc1nc(C2CCC2)nc(Cl)c1Br. The van der Waals surface area contributed by atoms with Crippen molar-refractivity contribution in [1.29, 1.82) is 0 Å². The van der Waals surface area contributed by atoms with Gasteiger partial charge in [0.25, 0.3) is 0 Å². The molecule has 1 heterocycles. The van der Waals surface area contributed by atoms with Crippen LogP contribution in [0, 0.1) is 5.92 Å². The number of hydrogen-bond acceptors (Lipinski definition) is 2. The molecule has 88 valence electrons. The monoisotopic (exact) mass is 302 g/mol. The molecule has 0 radical (unpaired) electrons. The second kappa shape index (κ2) is 5.01. The van der Waals surface area contributed by atoms with Crippen LogP contribution in [0.5, 0.6) is 0 Å². The number of aromatic nitrogens is 2. The van der Waals surface area contributed by atoms with Crippen molar-refractivity contribution in [1.82, 2.24) is 9.97 Å². The van der Waals surface area contributed by atoms with Gasteiger partial charge in [0, 0.05) is 5.92 Å². The van der Waals surface area contributed by atoms with Crippen molar-refractivity contribution in [2.24, 2.45) is 5.92 Å². The molecule has 0 atom stereocenters. The fraction of sp³-hybridized carbons (Fsp3) is 0.667. The van der Waals surface area contributed by atoms with Gasteiger partial charge in [0.15, 0.2) is 0 Å². The van der Waals surface area contributed by atoms with Crippen LogP contribution in [0.15, 0.2) is 4.47 Å². The molecule has 0 N–H and O–H groups in total. The van der Waals surface area contributed by atoms with E-state index in [4.69, 9.17) is 11.6 Å². The standard InChI is InChI=1S/C12H16BrClN2/c1-7(2)6-9-10(13)11(14)16-12(15-9)8-4-3-5-8/h7-8H,3-6H2,1-2H3. The molecule has 0 amide bonds. The average molecular weight is 304 g/mol. The summed E-state index contributed by atoms with van der Waals surface area (Å²) in [5, 5.41) is 0.563. The lowest BCUT2D eigenvalue weighted by Gasteiger charge is -2.24. The molecule has 1 aromatic heterocycles. The number of nitrogens with zero attached hydrogens (tertiary/aromatic N) is 2. The second-order valence-electron chi connectivity index (χ2n) is 4.86. The third-order valence-corrected chi connectivity index (χ3v) is 4.30. The molecule has 1 saturated carbocycles. The van der Waals surface area contributed by atoms with Crippen molar-refractivity contribution < 1.29 is 0 Å². The second-order valence-corrected chi connectivity index (χ2v) is 6.01. The summed E-state index contributed by atoms with van der Waals surface area (Å²) in [5.41, 5.74) is 1.05. The summed E-state index contributed by atoms with van der Waals surface area (Å²) in [7, 11) is 0. The highest BCUT2D eigenvalue weighted by Crippen LogP contribution is 2.36. The minimum absolute atomic E-state index is 0.538. The maximum absolute atomic E-state index is 6.13. The molecular formula is C12H16BrClN2. The van der Waals surface area contributed by atoms with Crippen LogP contribution >= 0.6 is 27.5 Å². The minimum Gasteiger partial charge on any atom is -0.236 e. The van der Waals surface area contributed by atoms with Crippen LogP contribution < -0.4 is 0 Å². The number of halogens is 2. The lowest BCUT2D eigenvalue weighted by atomic mass is 9.85. The fourth-order valence-electron chi connectivity index (χ4n) is 1.85. The summed E-state index contributed by atoms with van der Waals surface area (Å²) in [6.45, 7) is 4.37. The molecule has 0 saturated heterocycles. The van der Waals surface area contributed by atoms with E-state index in [1.165, 1.54) is 19.3 Å². The Kier molecular flexibility index (Phi) is 3.85. The van der Waals surface area contributed by atoms with Crippen molar-refractivity contribution in [2.75, 3.05) is 0 Å². The molecular weight excluding hydrogens is 288 g/mol. The van der Waals surface area contributed by atoms with Gasteiger partial charge in [-0.3, -0.25) is 0 Å². The van der Waals surface area contributed by atoms with Gasteiger partial charge in [-0.2, -0.15) is 0 Å². The van der Waals surface area contributed by atoms with Crippen molar-refractivity contribution in [3.05, 3.63) is 21.1 Å². The van der Waals surface area contributed by atoms with E-state index in [-0.39, 0.29) is 0 Å². The molecule has 2 rings (SSSR count). The summed E-state index contributed by atoms with van der Waals surface area (Å²) in [5.74, 6) is 2.06. The number of hydrogen-bond donors (Lipinski definition) is 0. The summed E-state index contributed by atoms with van der Waals surface area (Å²) in [4.78, 5) is 9.02.